The summed E-state index contributed by atoms with van der Waals surface area (Å²) in [6.07, 6.45) is 3.82. The first-order valence-corrected chi connectivity index (χ1v) is 7.05. The van der Waals surface area contributed by atoms with Crippen LogP contribution in [-0.2, 0) is 19.0 Å². The molecular formula is C15H25N5. The Balaban J connectivity index is 2.50. The molecule has 20 heavy (non-hydrogen) atoms. The fourth-order valence-corrected chi connectivity index (χ4v) is 2.35. The third-order valence-electron chi connectivity index (χ3n) is 3.23. The van der Waals surface area contributed by atoms with Crippen LogP contribution in [0.15, 0.2) is 12.5 Å². The van der Waals surface area contributed by atoms with E-state index >= 15 is 0 Å². The second kappa shape index (κ2) is 4.96. The molecule has 110 valence electrons. The molecule has 0 amide bonds. The number of hydrogen-bond acceptors (Lipinski definition) is 3. The van der Waals surface area contributed by atoms with Gasteiger partial charge in [-0.15, -0.1) is 0 Å². The van der Waals surface area contributed by atoms with Crippen molar-refractivity contribution in [2.24, 2.45) is 13.0 Å². The van der Waals surface area contributed by atoms with Gasteiger partial charge in [-0.25, -0.2) is 4.98 Å². The maximum Gasteiger partial charge on any atom is 0.131 e. The molecule has 0 aromatic carbocycles. The Bertz CT molecular complexity index is 598. The fraction of sp³-hybridized carbons (Fsp3) is 0.600. The lowest BCUT2D eigenvalue weighted by molar-refractivity contribution is 0.527. The molecule has 0 radical (unpaired) electrons. The third-order valence-corrected chi connectivity index (χ3v) is 3.23. The van der Waals surface area contributed by atoms with E-state index in [0.29, 0.717) is 5.92 Å². The molecule has 0 aliphatic carbocycles. The van der Waals surface area contributed by atoms with Crippen LogP contribution in [-0.4, -0.2) is 19.3 Å². The van der Waals surface area contributed by atoms with Gasteiger partial charge in [0.2, 0.25) is 0 Å². The predicted octanol–water partition coefficient (Wildman–Crippen LogP) is 2.82. The van der Waals surface area contributed by atoms with Crippen molar-refractivity contribution in [2.45, 2.75) is 46.6 Å². The average Bonchev–Trinajstić information content (AvgIpc) is 2.82. The quantitative estimate of drug-likeness (QED) is 0.937. The van der Waals surface area contributed by atoms with Crippen molar-refractivity contribution >= 4 is 5.82 Å². The van der Waals surface area contributed by atoms with Crippen molar-refractivity contribution in [2.75, 3.05) is 5.73 Å². The molecule has 0 aliphatic rings. The van der Waals surface area contributed by atoms with Crippen LogP contribution < -0.4 is 5.73 Å². The standard InChI is InChI=1S/C15H25N5/c1-10(2)7-20-9-17-12(14(20)16)11-8-19(6)18-13(11)15(3,4)5/h8-10H,7,16H2,1-6H3. The van der Waals surface area contributed by atoms with Gasteiger partial charge in [-0.3, -0.25) is 4.68 Å². The first-order valence-electron chi connectivity index (χ1n) is 7.05. The van der Waals surface area contributed by atoms with E-state index in [9.17, 15) is 0 Å². The number of nitrogen functional groups attached to an aromatic ring is 1. The summed E-state index contributed by atoms with van der Waals surface area (Å²) >= 11 is 0. The lowest BCUT2D eigenvalue weighted by Crippen LogP contribution is -2.14. The Morgan fingerprint density at radius 1 is 1.30 bits per heavy atom. The van der Waals surface area contributed by atoms with Crippen molar-refractivity contribution in [3.05, 3.63) is 18.2 Å². The van der Waals surface area contributed by atoms with E-state index < -0.39 is 0 Å². The molecule has 0 aliphatic heterocycles. The number of hydrogen-bond donors (Lipinski definition) is 1. The monoisotopic (exact) mass is 275 g/mol. The van der Waals surface area contributed by atoms with Crippen molar-refractivity contribution in [1.82, 2.24) is 19.3 Å². The summed E-state index contributed by atoms with van der Waals surface area (Å²) in [5.41, 5.74) is 9.13. The van der Waals surface area contributed by atoms with Gasteiger partial charge in [-0.1, -0.05) is 34.6 Å². The minimum Gasteiger partial charge on any atom is -0.383 e. The maximum absolute atomic E-state index is 6.27. The van der Waals surface area contributed by atoms with Crippen LogP contribution in [0.1, 0.15) is 40.3 Å². The van der Waals surface area contributed by atoms with E-state index in [1.54, 1.807) is 0 Å². The minimum absolute atomic E-state index is 0.0368. The zero-order valence-electron chi connectivity index (χ0n) is 13.3. The first kappa shape index (κ1) is 14.6. The topological polar surface area (TPSA) is 61.7 Å². The summed E-state index contributed by atoms with van der Waals surface area (Å²) in [7, 11) is 1.93. The molecule has 5 nitrogen and oxygen atoms in total. The molecule has 0 bridgehead atoms. The predicted molar refractivity (Wildman–Crippen MR) is 82.4 cm³/mol. The zero-order chi connectivity index (χ0) is 15.1. The van der Waals surface area contributed by atoms with Crippen LogP contribution in [0.25, 0.3) is 11.3 Å². The van der Waals surface area contributed by atoms with Crippen LogP contribution in [0.3, 0.4) is 0 Å². The Kier molecular flexibility index (Phi) is 3.63. The number of rotatable bonds is 3. The fourth-order valence-electron chi connectivity index (χ4n) is 2.35. The summed E-state index contributed by atoms with van der Waals surface area (Å²) in [4.78, 5) is 4.51. The van der Waals surface area contributed by atoms with E-state index in [1.165, 1.54) is 0 Å². The number of nitrogens with two attached hydrogens (primary N) is 1. The van der Waals surface area contributed by atoms with E-state index in [4.69, 9.17) is 5.73 Å². The highest BCUT2D eigenvalue weighted by atomic mass is 15.3. The number of aromatic nitrogens is 4. The smallest absolute Gasteiger partial charge is 0.131 e. The molecule has 5 heteroatoms. The summed E-state index contributed by atoms with van der Waals surface area (Å²) in [6, 6.07) is 0. The molecule has 0 saturated heterocycles. The summed E-state index contributed by atoms with van der Waals surface area (Å²) in [5.74, 6) is 1.26. The lowest BCUT2D eigenvalue weighted by atomic mass is 9.89. The summed E-state index contributed by atoms with van der Waals surface area (Å²) in [6.45, 7) is 11.7. The number of anilines is 1. The molecule has 2 heterocycles. The van der Waals surface area contributed by atoms with Crippen LogP contribution in [0, 0.1) is 5.92 Å². The Morgan fingerprint density at radius 3 is 2.50 bits per heavy atom. The van der Waals surface area contributed by atoms with Gasteiger partial charge >= 0.3 is 0 Å². The Hall–Kier alpha value is -1.78. The molecule has 0 spiro atoms. The van der Waals surface area contributed by atoms with Gasteiger partial charge in [0.05, 0.1) is 12.0 Å². The number of aryl methyl sites for hydroxylation is 1. The molecule has 2 aromatic rings. The van der Waals surface area contributed by atoms with Crippen LogP contribution in [0.2, 0.25) is 0 Å². The largest absolute Gasteiger partial charge is 0.383 e. The van der Waals surface area contributed by atoms with Gasteiger partial charge in [0.1, 0.15) is 11.5 Å². The lowest BCUT2D eigenvalue weighted by Gasteiger charge is -2.17. The van der Waals surface area contributed by atoms with Crippen LogP contribution in [0.4, 0.5) is 5.82 Å². The minimum atomic E-state index is -0.0368. The zero-order valence-corrected chi connectivity index (χ0v) is 13.3. The van der Waals surface area contributed by atoms with Crippen molar-refractivity contribution in [3.8, 4) is 11.3 Å². The normalized spacial score (nSPS) is 12.3. The second-order valence-corrected chi connectivity index (χ2v) is 6.84. The Morgan fingerprint density at radius 2 is 1.95 bits per heavy atom. The SMILES string of the molecule is CC(C)Cn1cnc(-c2cn(C)nc2C(C)(C)C)c1N. The molecule has 0 unspecified atom stereocenters. The highest BCUT2D eigenvalue weighted by Gasteiger charge is 2.25. The summed E-state index contributed by atoms with van der Waals surface area (Å²) < 4.78 is 3.84. The Labute approximate surface area is 120 Å². The van der Waals surface area contributed by atoms with Crippen LogP contribution >= 0.6 is 0 Å². The molecule has 2 N–H and O–H groups in total. The van der Waals surface area contributed by atoms with Crippen molar-refractivity contribution in [1.29, 1.82) is 0 Å². The van der Waals surface area contributed by atoms with Gasteiger partial charge in [0, 0.05) is 30.8 Å². The highest BCUT2D eigenvalue weighted by molar-refractivity contribution is 5.72. The van der Waals surface area contributed by atoms with E-state index in [-0.39, 0.29) is 5.41 Å². The van der Waals surface area contributed by atoms with Gasteiger partial charge in [-0.05, 0) is 5.92 Å². The van der Waals surface area contributed by atoms with Crippen LogP contribution in [0.5, 0.6) is 0 Å². The van der Waals surface area contributed by atoms with Crippen molar-refractivity contribution < 1.29 is 0 Å². The van der Waals surface area contributed by atoms with Gasteiger partial charge in [-0.2, -0.15) is 5.10 Å². The maximum atomic E-state index is 6.27. The van der Waals surface area contributed by atoms with E-state index in [0.717, 1.165) is 29.3 Å². The number of nitrogens with zero attached hydrogens (tertiary/aromatic N) is 4. The molecule has 2 rings (SSSR count). The third kappa shape index (κ3) is 2.71. The molecule has 0 fully saturated rings. The highest BCUT2D eigenvalue weighted by Crippen LogP contribution is 2.33. The molecule has 0 saturated carbocycles. The summed E-state index contributed by atoms with van der Waals surface area (Å²) in [5, 5.41) is 4.58. The molecule has 0 atom stereocenters. The molecular weight excluding hydrogens is 250 g/mol. The number of imidazole rings is 1. The van der Waals surface area contributed by atoms with Gasteiger partial charge < -0.3 is 10.3 Å². The average molecular weight is 275 g/mol. The first-order chi connectivity index (χ1) is 9.20. The van der Waals surface area contributed by atoms with Gasteiger partial charge in [0.15, 0.2) is 0 Å². The van der Waals surface area contributed by atoms with E-state index in [2.05, 4.69) is 44.7 Å². The van der Waals surface area contributed by atoms with Gasteiger partial charge in [0.25, 0.3) is 0 Å². The van der Waals surface area contributed by atoms with E-state index in [1.807, 2.05) is 28.8 Å². The molecule has 2 aromatic heterocycles. The second-order valence-electron chi connectivity index (χ2n) is 6.84. The van der Waals surface area contributed by atoms with Crippen molar-refractivity contribution in [3.63, 3.8) is 0 Å².